The van der Waals surface area contributed by atoms with E-state index in [0.29, 0.717) is 29.9 Å². The Labute approximate surface area is 189 Å². The van der Waals surface area contributed by atoms with Gasteiger partial charge in [0.25, 0.3) is 5.78 Å². The Kier molecular flexibility index (Phi) is 5.79. The standard InChI is InChI=1S/C23H23N9O/c24-21-29-22(30-23-28-20(31-32(21)23)19-5-3-15-33-19)27-13-10-16-6-8-18(9-7-16)26-14-11-17-4-1-2-12-25-17/h1-9,12,15,26H,10-11,13-14H2,(H3,24,27,28,29,30,31). The zero-order valence-corrected chi connectivity index (χ0v) is 17.8. The fraction of sp³-hybridized carbons (Fsp3) is 0.174. The molecule has 4 heterocycles. The molecular formula is C23H23N9O. The fourth-order valence-corrected chi connectivity index (χ4v) is 3.38. The number of rotatable bonds is 9. The van der Waals surface area contributed by atoms with E-state index >= 15 is 0 Å². The third-order valence-corrected chi connectivity index (χ3v) is 5.06. The van der Waals surface area contributed by atoms with E-state index in [1.807, 2.05) is 24.4 Å². The van der Waals surface area contributed by atoms with E-state index in [1.165, 1.54) is 10.1 Å². The number of pyridine rings is 1. The Balaban J connectivity index is 1.14. The molecule has 4 N–H and O–H groups in total. The lowest BCUT2D eigenvalue weighted by molar-refractivity contribution is 0.577. The summed E-state index contributed by atoms with van der Waals surface area (Å²) in [5.74, 6) is 1.92. The molecule has 0 atom stereocenters. The van der Waals surface area contributed by atoms with Gasteiger partial charge < -0.3 is 20.8 Å². The molecule has 0 bridgehead atoms. The molecule has 0 amide bonds. The molecule has 0 aliphatic heterocycles. The van der Waals surface area contributed by atoms with Crippen molar-refractivity contribution in [3.05, 3.63) is 78.3 Å². The summed E-state index contributed by atoms with van der Waals surface area (Å²) in [7, 11) is 0. The lowest BCUT2D eigenvalue weighted by atomic mass is 10.1. The molecule has 0 spiro atoms. The van der Waals surface area contributed by atoms with Gasteiger partial charge in [0.1, 0.15) is 0 Å². The summed E-state index contributed by atoms with van der Waals surface area (Å²) < 4.78 is 6.72. The minimum absolute atomic E-state index is 0.203. The molecular weight excluding hydrogens is 418 g/mol. The van der Waals surface area contributed by atoms with Crippen LogP contribution in [0.25, 0.3) is 17.4 Å². The lowest BCUT2D eigenvalue weighted by Gasteiger charge is -2.08. The molecule has 0 aliphatic rings. The molecule has 1 aromatic carbocycles. The zero-order chi connectivity index (χ0) is 22.5. The van der Waals surface area contributed by atoms with E-state index in [9.17, 15) is 0 Å². The van der Waals surface area contributed by atoms with Gasteiger partial charge in [0.05, 0.1) is 6.26 Å². The van der Waals surface area contributed by atoms with Crippen molar-refractivity contribution in [2.45, 2.75) is 12.8 Å². The summed E-state index contributed by atoms with van der Waals surface area (Å²) in [5, 5.41) is 10.9. The van der Waals surface area contributed by atoms with Crippen LogP contribution in [0.4, 0.5) is 17.6 Å². The molecule has 0 radical (unpaired) electrons. The second kappa shape index (κ2) is 9.35. The molecule has 10 heteroatoms. The van der Waals surface area contributed by atoms with E-state index in [0.717, 1.165) is 30.8 Å². The smallest absolute Gasteiger partial charge is 0.259 e. The highest BCUT2D eigenvalue weighted by atomic mass is 16.3. The lowest BCUT2D eigenvalue weighted by Crippen LogP contribution is -2.12. The molecule has 5 aromatic rings. The van der Waals surface area contributed by atoms with Crippen LogP contribution in [0.15, 0.2) is 71.5 Å². The quantitative estimate of drug-likeness (QED) is 0.316. The van der Waals surface area contributed by atoms with Crippen molar-refractivity contribution in [2.75, 3.05) is 29.5 Å². The Morgan fingerprint density at radius 1 is 0.879 bits per heavy atom. The SMILES string of the molecule is Nc1nc(NCCc2ccc(NCCc3ccccn3)cc2)nc2nc(-c3ccco3)nn12. The number of hydrogen-bond donors (Lipinski definition) is 3. The van der Waals surface area contributed by atoms with Crippen LogP contribution in [-0.4, -0.2) is 42.6 Å². The van der Waals surface area contributed by atoms with Crippen LogP contribution in [0.5, 0.6) is 0 Å². The molecule has 4 aromatic heterocycles. The molecule has 0 saturated carbocycles. The zero-order valence-electron chi connectivity index (χ0n) is 17.8. The normalized spacial score (nSPS) is 11.0. The topological polar surface area (TPSA) is 132 Å². The van der Waals surface area contributed by atoms with Gasteiger partial charge in [-0.2, -0.15) is 19.5 Å². The van der Waals surface area contributed by atoms with Gasteiger partial charge in [-0.1, -0.05) is 18.2 Å². The highest BCUT2D eigenvalue weighted by molar-refractivity contribution is 5.52. The predicted octanol–water partition coefficient (Wildman–Crippen LogP) is 3.07. The summed E-state index contributed by atoms with van der Waals surface area (Å²) in [6.45, 7) is 1.49. The van der Waals surface area contributed by atoms with E-state index in [2.05, 4.69) is 59.9 Å². The molecule has 0 saturated heterocycles. The molecule has 33 heavy (non-hydrogen) atoms. The highest BCUT2D eigenvalue weighted by Crippen LogP contribution is 2.17. The number of nitrogens with two attached hydrogens (primary N) is 1. The Bertz CT molecular complexity index is 1320. The van der Waals surface area contributed by atoms with Gasteiger partial charge in [-0.05, 0) is 48.4 Å². The van der Waals surface area contributed by atoms with Crippen LogP contribution in [0.3, 0.4) is 0 Å². The Morgan fingerprint density at radius 3 is 2.55 bits per heavy atom. The van der Waals surface area contributed by atoms with Crippen molar-refractivity contribution in [1.29, 1.82) is 0 Å². The second-order valence-corrected chi connectivity index (χ2v) is 7.40. The monoisotopic (exact) mass is 441 g/mol. The van der Waals surface area contributed by atoms with Crippen LogP contribution in [-0.2, 0) is 12.8 Å². The van der Waals surface area contributed by atoms with Gasteiger partial charge in [-0.3, -0.25) is 4.98 Å². The molecule has 0 unspecified atom stereocenters. The van der Waals surface area contributed by atoms with E-state index < -0.39 is 0 Å². The van der Waals surface area contributed by atoms with Crippen LogP contribution in [0.2, 0.25) is 0 Å². The van der Waals surface area contributed by atoms with Crippen molar-refractivity contribution in [3.8, 4) is 11.6 Å². The average Bonchev–Trinajstić information content (AvgIpc) is 3.51. The van der Waals surface area contributed by atoms with E-state index in [4.69, 9.17) is 10.2 Å². The maximum atomic E-state index is 6.03. The maximum absolute atomic E-state index is 6.03. The number of hydrogen-bond acceptors (Lipinski definition) is 9. The van der Waals surface area contributed by atoms with Gasteiger partial charge in [-0.25, -0.2) is 0 Å². The van der Waals surface area contributed by atoms with Gasteiger partial charge in [-0.15, -0.1) is 5.10 Å². The largest absolute Gasteiger partial charge is 0.461 e. The first kappa shape index (κ1) is 20.4. The van der Waals surface area contributed by atoms with Gasteiger partial charge in [0.2, 0.25) is 17.7 Å². The average molecular weight is 441 g/mol. The predicted molar refractivity (Wildman–Crippen MR) is 126 cm³/mol. The number of aromatic nitrogens is 6. The number of anilines is 3. The van der Waals surface area contributed by atoms with Crippen molar-refractivity contribution in [2.24, 2.45) is 0 Å². The number of nitrogens with zero attached hydrogens (tertiary/aromatic N) is 6. The summed E-state index contributed by atoms with van der Waals surface area (Å²) >= 11 is 0. The first-order valence-electron chi connectivity index (χ1n) is 10.7. The van der Waals surface area contributed by atoms with Crippen LogP contribution >= 0.6 is 0 Å². The third kappa shape index (κ3) is 4.90. The molecule has 0 fully saturated rings. The van der Waals surface area contributed by atoms with Gasteiger partial charge in [0.15, 0.2) is 5.76 Å². The number of fused-ring (bicyclic) bond motifs is 1. The molecule has 166 valence electrons. The molecule has 0 aliphatic carbocycles. The number of nitrogen functional groups attached to an aromatic ring is 1. The van der Waals surface area contributed by atoms with E-state index in [1.54, 1.807) is 18.4 Å². The van der Waals surface area contributed by atoms with Crippen LogP contribution < -0.4 is 16.4 Å². The Hall–Kier alpha value is -4.47. The number of benzene rings is 1. The first-order valence-corrected chi connectivity index (χ1v) is 10.7. The number of furan rings is 1. The minimum atomic E-state index is 0.203. The summed E-state index contributed by atoms with van der Waals surface area (Å²) in [4.78, 5) is 17.4. The third-order valence-electron chi connectivity index (χ3n) is 5.06. The van der Waals surface area contributed by atoms with Crippen molar-refractivity contribution in [1.82, 2.24) is 29.5 Å². The van der Waals surface area contributed by atoms with Crippen molar-refractivity contribution in [3.63, 3.8) is 0 Å². The summed E-state index contributed by atoms with van der Waals surface area (Å²) in [5.41, 5.74) is 9.40. The molecule has 10 nitrogen and oxygen atoms in total. The van der Waals surface area contributed by atoms with Gasteiger partial charge >= 0.3 is 0 Å². The van der Waals surface area contributed by atoms with E-state index in [-0.39, 0.29) is 5.95 Å². The maximum Gasteiger partial charge on any atom is 0.259 e. The van der Waals surface area contributed by atoms with Crippen molar-refractivity contribution >= 4 is 23.4 Å². The van der Waals surface area contributed by atoms with Crippen LogP contribution in [0, 0.1) is 0 Å². The summed E-state index contributed by atoms with van der Waals surface area (Å²) in [6, 6.07) is 17.9. The fourth-order valence-electron chi connectivity index (χ4n) is 3.38. The number of nitrogens with one attached hydrogen (secondary N) is 2. The molecule has 5 rings (SSSR count). The minimum Gasteiger partial charge on any atom is -0.461 e. The van der Waals surface area contributed by atoms with Gasteiger partial charge in [0, 0.05) is 37.1 Å². The van der Waals surface area contributed by atoms with Crippen LogP contribution in [0.1, 0.15) is 11.3 Å². The second-order valence-electron chi connectivity index (χ2n) is 7.40. The highest BCUT2D eigenvalue weighted by Gasteiger charge is 2.13. The van der Waals surface area contributed by atoms with Crippen molar-refractivity contribution < 1.29 is 4.42 Å². The Morgan fingerprint density at radius 2 is 1.76 bits per heavy atom. The first-order chi connectivity index (χ1) is 16.2. The summed E-state index contributed by atoms with van der Waals surface area (Å²) in [6.07, 6.45) is 5.08.